The number of hydrogen-bond donors (Lipinski definition) is 0. The Morgan fingerprint density at radius 2 is 1.39 bits per heavy atom. The highest BCUT2D eigenvalue weighted by Gasteiger charge is 2.16. The summed E-state index contributed by atoms with van der Waals surface area (Å²) in [6.07, 6.45) is 0.964. The first-order valence-electron chi connectivity index (χ1n) is 9.84. The predicted molar refractivity (Wildman–Crippen MR) is 108 cm³/mol. The van der Waals surface area contributed by atoms with Crippen molar-refractivity contribution in [2.24, 2.45) is 0 Å². The minimum Gasteiger partial charge on any atom is -0.490 e. The highest BCUT2D eigenvalue weighted by Crippen LogP contribution is 2.36. The highest BCUT2D eigenvalue weighted by atomic mass is 19.1. The first kappa shape index (κ1) is 23.9. The smallest absolute Gasteiger partial charge is 0.164 e. The first-order valence-corrected chi connectivity index (χ1v) is 9.84. The minimum atomic E-state index is -0.880. The van der Waals surface area contributed by atoms with Gasteiger partial charge in [0.15, 0.2) is 11.5 Å². The summed E-state index contributed by atoms with van der Waals surface area (Å²) >= 11 is 0. The number of rotatable bonds is 2. The molecule has 28 heavy (non-hydrogen) atoms. The van der Waals surface area contributed by atoms with Gasteiger partial charge in [-0.2, -0.15) is 0 Å². The van der Waals surface area contributed by atoms with E-state index in [1.165, 1.54) is 5.56 Å². The molecule has 156 valence electrons. The molecule has 1 aliphatic rings. The van der Waals surface area contributed by atoms with E-state index in [2.05, 4.69) is 19.9 Å². The standard InChI is InChI=1S/C12H16O2.C9H9F3.C2H6/c1-9(2)10-5-3-6-11-12(10)14-8-4-7-13-11;1-5(2)9-7(11)3-6(10)4-8(9)12;1-2/h3,5-6,9H,4,7-8H2,1-2H3;3-5H,1-2H3;1-2H3. The zero-order valence-corrected chi connectivity index (χ0v) is 17.6. The molecular formula is C23H31F3O2. The third kappa shape index (κ3) is 6.47. The van der Waals surface area contributed by atoms with E-state index in [9.17, 15) is 13.2 Å². The highest BCUT2D eigenvalue weighted by molar-refractivity contribution is 5.48. The number of hydrogen-bond acceptors (Lipinski definition) is 2. The molecule has 0 atom stereocenters. The van der Waals surface area contributed by atoms with Crippen LogP contribution in [0.3, 0.4) is 0 Å². The maximum atomic E-state index is 12.9. The van der Waals surface area contributed by atoms with Crippen molar-refractivity contribution in [3.8, 4) is 11.5 Å². The fraction of sp³-hybridized carbons (Fsp3) is 0.478. The summed E-state index contributed by atoms with van der Waals surface area (Å²) in [5, 5.41) is 0. The lowest BCUT2D eigenvalue weighted by atomic mass is 10.0. The van der Waals surface area contributed by atoms with Gasteiger partial charge in [0.2, 0.25) is 0 Å². The van der Waals surface area contributed by atoms with E-state index < -0.39 is 17.5 Å². The van der Waals surface area contributed by atoms with Gasteiger partial charge in [-0.1, -0.05) is 53.7 Å². The monoisotopic (exact) mass is 396 g/mol. The Labute approximate surface area is 166 Å². The maximum Gasteiger partial charge on any atom is 0.164 e. The van der Waals surface area contributed by atoms with E-state index in [-0.39, 0.29) is 11.5 Å². The molecule has 0 aromatic heterocycles. The lowest BCUT2D eigenvalue weighted by Gasteiger charge is -2.14. The van der Waals surface area contributed by atoms with Crippen LogP contribution in [-0.4, -0.2) is 13.2 Å². The summed E-state index contributed by atoms with van der Waals surface area (Å²) in [4.78, 5) is 0. The van der Waals surface area contributed by atoms with Crippen molar-refractivity contribution in [1.82, 2.24) is 0 Å². The van der Waals surface area contributed by atoms with Crippen LogP contribution in [-0.2, 0) is 0 Å². The average Bonchev–Trinajstić information content (AvgIpc) is 2.88. The molecule has 0 amide bonds. The van der Waals surface area contributed by atoms with Crippen LogP contribution in [0.15, 0.2) is 30.3 Å². The molecule has 0 aliphatic carbocycles. The van der Waals surface area contributed by atoms with Gasteiger partial charge in [-0.25, -0.2) is 13.2 Å². The van der Waals surface area contributed by atoms with Gasteiger partial charge in [-0.3, -0.25) is 0 Å². The Kier molecular flexibility index (Phi) is 9.91. The topological polar surface area (TPSA) is 18.5 Å². The summed E-state index contributed by atoms with van der Waals surface area (Å²) in [5.41, 5.74) is 1.18. The van der Waals surface area contributed by atoms with E-state index in [1.54, 1.807) is 13.8 Å². The number of benzene rings is 2. The lowest BCUT2D eigenvalue weighted by Crippen LogP contribution is -1.99. The number of ether oxygens (including phenoxy) is 2. The zero-order chi connectivity index (χ0) is 21.3. The van der Waals surface area contributed by atoms with E-state index in [1.807, 2.05) is 26.0 Å². The molecule has 0 saturated carbocycles. The largest absolute Gasteiger partial charge is 0.490 e. The Morgan fingerprint density at radius 1 is 0.821 bits per heavy atom. The van der Waals surface area contributed by atoms with E-state index >= 15 is 0 Å². The van der Waals surface area contributed by atoms with Crippen LogP contribution >= 0.6 is 0 Å². The lowest BCUT2D eigenvalue weighted by molar-refractivity contribution is 0.296. The quantitative estimate of drug-likeness (QED) is 0.533. The molecule has 0 unspecified atom stereocenters. The molecule has 5 heteroatoms. The van der Waals surface area contributed by atoms with Crippen LogP contribution in [0, 0.1) is 17.5 Å². The molecule has 2 aromatic carbocycles. The second-order valence-electron chi connectivity index (χ2n) is 6.82. The van der Waals surface area contributed by atoms with Crippen LogP contribution in [0.5, 0.6) is 11.5 Å². The van der Waals surface area contributed by atoms with Crippen LogP contribution in [0.1, 0.15) is 70.9 Å². The summed E-state index contributed by atoms with van der Waals surface area (Å²) in [6.45, 7) is 13.2. The Balaban J connectivity index is 0.000000260. The molecule has 1 heterocycles. The maximum absolute atomic E-state index is 12.9. The Morgan fingerprint density at radius 3 is 1.93 bits per heavy atom. The van der Waals surface area contributed by atoms with Gasteiger partial charge in [0, 0.05) is 29.7 Å². The minimum absolute atomic E-state index is 0.0589. The van der Waals surface area contributed by atoms with E-state index in [0.717, 1.165) is 31.1 Å². The van der Waals surface area contributed by atoms with Gasteiger partial charge in [0.1, 0.15) is 17.5 Å². The molecule has 1 aliphatic heterocycles. The van der Waals surface area contributed by atoms with Gasteiger partial charge in [0.05, 0.1) is 13.2 Å². The van der Waals surface area contributed by atoms with Crippen LogP contribution < -0.4 is 9.47 Å². The van der Waals surface area contributed by atoms with Gasteiger partial charge < -0.3 is 9.47 Å². The molecule has 2 aromatic rings. The van der Waals surface area contributed by atoms with Crippen molar-refractivity contribution in [2.75, 3.05) is 13.2 Å². The van der Waals surface area contributed by atoms with Gasteiger partial charge in [0.25, 0.3) is 0 Å². The van der Waals surface area contributed by atoms with Gasteiger partial charge >= 0.3 is 0 Å². The van der Waals surface area contributed by atoms with Crippen LogP contribution in [0.25, 0.3) is 0 Å². The first-order chi connectivity index (χ1) is 13.3. The average molecular weight is 396 g/mol. The Bertz CT molecular complexity index is 720. The number of fused-ring (bicyclic) bond motifs is 1. The third-order valence-electron chi connectivity index (χ3n) is 4.05. The van der Waals surface area contributed by atoms with Gasteiger partial charge in [-0.15, -0.1) is 0 Å². The normalized spacial score (nSPS) is 12.5. The van der Waals surface area contributed by atoms with Crippen LogP contribution in [0.2, 0.25) is 0 Å². The van der Waals surface area contributed by atoms with Crippen molar-refractivity contribution in [1.29, 1.82) is 0 Å². The third-order valence-corrected chi connectivity index (χ3v) is 4.05. The molecule has 2 nitrogen and oxygen atoms in total. The van der Waals surface area contributed by atoms with Crippen molar-refractivity contribution >= 4 is 0 Å². The molecule has 0 fully saturated rings. The molecule has 0 saturated heterocycles. The fourth-order valence-electron chi connectivity index (χ4n) is 2.78. The summed E-state index contributed by atoms with van der Waals surface area (Å²) < 4.78 is 49.5. The Hall–Kier alpha value is -2.17. The number of halogens is 3. The number of para-hydroxylation sites is 1. The summed E-state index contributed by atoms with van der Waals surface area (Å²) in [7, 11) is 0. The summed E-state index contributed by atoms with van der Waals surface area (Å²) in [5.74, 6) is -0.467. The predicted octanol–water partition coefficient (Wildman–Crippen LogP) is 7.22. The van der Waals surface area contributed by atoms with E-state index in [0.29, 0.717) is 18.1 Å². The second kappa shape index (κ2) is 11.6. The molecule has 0 bridgehead atoms. The fourth-order valence-corrected chi connectivity index (χ4v) is 2.78. The molecule has 3 rings (SSSR count). The molecule has 0 radical (unpaired) electrons. The van der Waals surface area contributed by atoms with Crippen LogP contribution in [0.4, 0.5) is 13.2 Å². The molecular weight excluding hydrogens is 365 g/mol. The second-order valence-corrected chi connectivity index (χ2v) is 6.82. The molecule has 0 spiro atoms. The van der Waals surface area contributed by atoms with Crippen molar-refractivity contribution in [2.45, 2.75) is 59.8 Å². The SMILES string of the molecule is CC.CC(C)c1c(F)cc(F)cc1F.CC(C)c1cccc2c1OCCCO2. The zero-order valence-electron chi connectivity index (χ0n) is 17.6. The summed E-state index contributed by atoms with van der Waals surface area (Å²) in [6, 6.07) is 7.50. The van der Waals surface area contributed by atoms with Crippen molar-refractivity contribution < 1.29 is 22.6 Å². The van der Waals surface area contributed by atoms with E-state index in [4.69, 9.17) is 9.47 Å². The molecule has 0 N–H and O–H groups in total. The van der Waals surface area contributed by atoms with Gasteiger partial charge in [-0.05, 0) is 17.9 Å². The van der Waals surface area contributed by atoms with Crippen molar-refractivity contribution in [3.63, 3.8) is 0 Å². The van der Waals surface area contributed by atoms with Crippen molar-refractivity contribution in [3.05, 3.63) is 58.9 Å².